The average Bonchev–Trinajstić information content (AvgIpc) is 3.13. The highest BCUT2D eigenvalue weighted by Crippen LogP contribution is 2.23. The number of halogens is 3. The molecule has 3 aromatic rings. The van der Waals surface area contributed by atoms with Crippen LogP contribution in [0.5, 0.6) is 0 Å². The van der Waals surface area contributed by atoms with Crippen LogP contribution in [0.25, 0.3) is 11.0 Å². The molecule has 2 heterocycles. The topological polar surface area (TPSA) is 58.1 Å². The van der Waals surface area contributed by atoms with E-state index in [4.69, 9.17) is 11.6 Å². The first-order valence-corrected chi connectivity index (χ1v) is 9.22. The van der Waals surface area contributed by atoms with E-state index in [0.717, 1.165) is 24.1 Å². The SMILES string of the molecule is Cc1ccc(Cl)c(C(=O)N2CCC(Nc3cnc4cc(F)c(F)cc4n3)C2)c1. The predicted molar refractivity (Wildman–Crippen MR) is 104 cm³/mol. The summed E-state index contributed by atoms with van der Waals surface area (Å²) in [5.74, 6) is -1.58. The van der Waals surface area contributed by atoms with E-state index in [2.05, 4.69) is 15.3 Å². The Hall–Kier alpha value is -2.80. The predicted octanol–water partition coefficient (Wildman–Crippen LogP) is 4.20. The molecule has 1 fully saturated rings. The van der Waals surface area contributed by atoms with Gasteiger partial charge in [-0.25, -0.2) is 13.8 Å². The normalized spacial score (nSPS) is 16.6. The van der Waals surface area contributed by atoms with Crippen LogP contribution in [0.3, 0.4) is 0 Å². The molecule has 0 saturated carbocycles. The fraction of sp³-hybridized carbons (Fsp3) is 0.250. The van der Waals surface area contributed by atoms with Gasteiger partial charge in [-0.1, -0.05) is 23.2 Å². The average molecular weight is 403 g/mol. The Morgan fingerprint density at radius 1 is 1.21 bits per heavy atom. The summed E-state index contributed by atoms with van der Waals surface area (Å²) in [5.41, 5.74) is 2.00. The van der Waals surface area contributed by atoms with Crippen molar-refractivity contribution in [2.75, 3.05) is 18.4 Å². The van der Waals surface area contributed by atoms with Crippen molar-refractivity contribution < 1.29 is 13.6 Å². The third-order valence-electron chi connectivity index (χ3n) is 4.76. The highest BCUT2D eigenvalue weighted by atomic mass is 35.5. The largest absolute Gasteiger partial charge is 0.364 e. The van der Waals surface area contributed by atoms with Gasteiger partial charge in [0.05, 0.1) is 27.8 Å². The van der Waals surface area contributed by atoms with Crippen LogP contribution in [0.4, 0.5) is 14.6 Å². The van der Waals surface area contributed by atoms with Gasteiger partial charge >= 0.3 is 0 Å². The van der Waals surface area contributed by atoms with E-state index in [1.54, 1.807) is 17.0 Å². The van der Waals surface area contributed by atoms with Gasteiger partial charge in [0.25, 0.3) is 5.91 Å². The van der Waals surface area contributed by atoms with Gasteiger partial charge in [0, 0.05) is 31.3 Å². The van der Waals surface area contributed by atoms with E-state index in [-0.39, 0.29) is 23.0 Å². The lowest BCUT2D eigenvalue weighted by atomic mass is 10.1. The van der Waals surface area contributed by atoms with Gasteiger partial charge < -0.3 is 10.2 Å². The lowest BCUT2D eigenvalue weighted by Crippen LogP contribution is -2.32. The second kappa shape index (κ2) is 7.31. The Bertz CT molecular complexity index is 1080. The molecule has 0 radical (unpaired) electrons. The van der Waals surface area contributed by atoms with Crippen molar-refractivity contribution in [3.63, 3.8) is 0 Å². The molecule has 144 valence electrons. The Labute approximate surface area is 165 Å². The lowest BCUT2D eigenvalue weighted by molar-refractivity contribution is 0.0791. The number of aryl methyl sites for hydroxylation is 1. The minimum absolute atomic E-state index is 0.0235. The number of hydrogen-bond acceptors (Lipinski definition) is 4. The van der Waals surface area contributed by atoms with Crippen molar-refractivity contribution >= 4 is 34.4 Å². The molecule has 1 aliphatic heterocycles. The number of amides is 1. The zero-order valence-electron chi connectivity index (χ0n) is 15.0. The van der Waals surface area contributed by atoms with Crippen LogP contribution >= 0.6 is 11.6 Å². The number of rotatable bonds is 3. The number of nitrogens with one attached hydrogen (secondary N) is 1. The highest BCUT2D eigenvalue weighted by molar-refractivity contribution is 6.33. The zero-order valence-corrected chi connectivity index (χ0v) is 15.8. The van der Waals surface area contributed by atoms with E-state index in [1.807, 2.05) is 13.0 Å². The molecule has 1 atom stereocenters. The van der Waals surface area contributed by atoms with Gasteiger partial charge in [-0.05, 0) is 25.5 Å². The van der Waals surface area contributed by atoms with Crippen molar-refractivity contribution in [2.24, 2.45) is 0 Å². The molecule has 8 heteroatoms. The Morgan fingerprint density at radius 3 is 2.75 bits per heavy atom. The molecule has 0 aliphatic carbocycles. The molecular weight excluding hydrogens is 386 g/mol. The number of nitrogens with zero attached hydrogens (tertiary/aromatic N) is 3. The number of carbonyl (C=O) groups is 1. The smallest absolute Gasteiger partial charge is 0.255 e. The first kappa shape index (κ1) is 18.6. The molecule has 28 heavy (non-hydrogen) atoms. The number of anilines is 1. The van der Waals surface area contributed by atoms with Crippen molar-refractivity contribution in [3.8, 4) is 0 Å². The molecule has 1 aliphatic rings. The second-order valence-corrected chi connectivity index (χ2v) is 7.28. The summed E-state index contributed by atoms with van der Waals surface area (Å²) >= 11 is 6.18. The lowest BCUT2D eigenvalue weighted by Gasteiger charge is -2.18. The fourth-order valence-corrected chi connectivity index (χ4v) is 3.52. The molecular formula is C20H17ClF2N4O. The molecule has 0 bridgehead atoms. The van der Waals surface area contributed by atoms with Gasteiger partial charge in [-0.3, -0.25) is 9.78 Å². The maximum atomic E-state index is 13.4. The number of fused-ring (bicyclic) bond motifs is 1. The summed E-state index contributed by atoms with van der Waals surface area (Å²) in [4.78, 5) is 22.9. The molecule has 4 rings (SSSR count). The van der Waals surface area contributed by atoms with Gasteiger partial charge in [0.1, 0.15) is 5.82 Å². The van der Waals surface area contributed by atoms with E-state index in [1.165, 1.54) is 6.20 Å². The Kier molecular flexibility index (Phi) is 4.85. The molecule has 5 nitrogen and oxygen atoms in total. The van der Waals surface area contributed by atoms with Crippen LogP contribution in [0.2, 0.25) is 5.02 Å². The molecule has 1 unspecified atom stereocenters. The molecule has 0 spiro atoms. The van der Waals surface area contributed by atoms with Crippen LogP contribution in [-0.2, 0) is 0 Å². The Balaban J connectivity index is 1.47. The summed E-state index contributed by atoms with van der Waals surface area (Å²) in [5, 5.41) is 3.64. The highest BCUT2D eigenvalue weighted by Gasteiger charge is 2.28. The van der Waals surface area contributed by atoms with Crippen LogP contribution in [0.15, 0.2) is 36.5 Å². The minimum atomic E-state index is -0.966. The summed E-state index contributed by atoms with van der Waals surface area (Å²) in [6.07, 6.45) is 2.20. The first-order valence-electron chi connectivity index (χ1n) is 8.84. The number of carbonyl (C=O) groups excluding carboxylic acids is 1. The molecule has 2 aromatic carbocycles. The summed E-state index contributed by atoms with van der Waals surface area (Å²) in [6, 6.07) is 7.39. The van der Waals surface area contributed by atoms with Crippen LogP contribution in [0, 0.1) is 18.6 Å². The number of likely N-dealkylation sites (tertiary alicyclic amines) is 1. The molecule has 1 N–H and O–H groups in total. The maximum absolute atomic E-state index is 13.4. The molecule has 1 aromatic heterocycles. The maximum Gasteiger partial charge on any atom is 0.255 e. The van der Waals surface area contributed by atoms with Crippen LogP contribution in [-0.4, -0.2) is 39.9 Å². The van der Waals surface area contributed by atoms with Crippen LogP contribution < -0.4 is 5.32 Å². The summed E-state index contributed by atoms with van der Waals surface area (Å²) < 4.78 is 26.7. The van der Waals surface area contributed by atoms with Crippen molar-refractivity contribution in [3.05, 3.63) is 64.3 Å². The van der Waals surface area contributed by atoms with Crippen molar-refractivity contribution in [2.45, 2.75) is 19.4 Å². The van der Waals surface area contributed by atoms with Gasteiger partial charge in [-0.2, -0.15) is 0 Å². The molecule has 1 amide bonds. The summed E-state index contributed by atoms with van der Waals surface area (Å²) in [7, 11) is 0. The van der Waals surface area contributed by atoms with Crippen molar-refractivity contribution in [1.29, 1.82) is 0 Å². The number of benzene rings is 2. The van der Waals surface area contributed by atoms with Crippen molar-refractivity contribution in [1.82, 2.24) is 14.9 Å². The zero-order chi connectivity index (χ0) is 19.8. The Morgan fingerprint density at radius 2 is 1.96 bits per heavy atom. The van der Waals surface area contributed by atoms with E-state index in [0.29, 0.717) is 29.5 Å². The number of aromatic nitrogens is 2. The van der Waals surface area contributed by atoms with E-state index < -0.39 is 11.6 Å². The quantitative estimate of drug-likeness (QED) is 0.713. The second-order valence-electron chi connectivity index (χ2n) is 6.87. The third-order valence-corrected chi connectivity index (χ3v) is 5.09. The number of hydrogen-bond donors (Lipinski definition) is 1. The minimum Gasteiger partial charge on any atom is -0.364 e. The van der Waals surface area contributed by atoms with Gasteiger partial charge in [0.15, 0.2) is 11.6 Å². The van der Waals surface area contributed by atoms with Gasteiger partial charge in [-0.15, -0.1) is 0 Å². The standard InChI is InChI=1S/C20H17ClF2N4O/c1-11-2-3-14(21)13(6-11)20(28)27-5-4-12(10-27)25-19-9-24-17-7-15(22)16(23)8-18(17)26-19/h2-3,6-9,12H,4-5,10H2,1H3,(H,25,26). The molecule has 1 saturated heterocycles. The monoisotopic (exact) mass is 402 g/mol. The fourth-order valence-electron chi connectivity index (χ4n) is 3.32. The first-order chi connectivity index (χ1) is 13.4. The third kappa shape index (κ3) is 3.62. The van der Waals surface area contributed by atoms with E-state index in [9.17, 15) is 13.6 Å². The summed E-state index contributed by atoms with van der Waals surface area (Å²) in [6.45, 7) is 2.98. The van der Waals surface area contributed by atoms with Crippen LogP contribution in [0.1, 0.15) is 22.3 Å². The van der Waals surface area contributed by atoms with E-state index >= 15 is 0 Å². The van der Waals surface area contributed by atoms with Gasteiger partial charge in [0.2, 0.25) is 0 Å².